The summed E-state index contributed by atoms with van der Waals surface area (Å²) in [5.41, 5.74) is 8.70. The number of carbonyl (C=O) groups excluding carboxylic acids is 3. The standard InChI is InChI=1S/C20H26N4O3/c1-12-8-23(10-14(12)7-21)9-13-3-2-4-15-16(13)11-24(20(15)27)17-5-6-18(25)22-19(17)26/h2-4,12,14,17H,5-11,21H2,1H3,(H,22,25,26). The zero-order valence-corrected chi connectivity index (χ0v) is 15.6. The number of imide groups is 1. The fraction of sp³-hybridized carbons (Fsp3) is 0.550. The highest BCUT2D eigenvalue weighted by Gasteiger charge is 2.40. The van der Waals surface area contributed by atoms with Crippen molar-refractivity contribution >= 4 is 17.7 Å². The Bertz CT molecular complexity index is 793. The smallest absolute Gasteiger partial charge is 0.255 e. The predicted octanol–water partition coefficient (Wildman–Crippen LogP) is 0.474. The molecule has 0 radical (unpaired) electrons. The SMILES string of the molecule is CC1CN(Cc2cccc3c2CN(C2CCC(=O)NC2=O)C3=O)CC1CN. The minimum absolute atomic E-state index is 0.115. The summed E-state index contributed by atoms with van der Waals surface area (Å²) in [5, 5.41) is 2.35. The molecule has 3 N–H and O–H groups in total. The lowest BCUT2D eigenvalue weighted by Gasteiger charge is -2.29. The van der Waals surface area contributed by atoms with Gasteiger partial charge >= 0.3 is 0 Å². The highest BCUT2D eigenvalue weighted by Crippen LogP contribution is 2.31. The summed E-state index contributed by atoms with van der Waals surface area (Å²) in [4.78, 5) is 40.5. The van der Waals surface area contributed by atoms with Gasteiger partial charge in [0.2, 0.25) is 11.8 Å². The van der Waals surface area contributed by atoms with Crippen LogP contribution in [-0.2, 0) is 22.7 Å². The van der Waals surface area contributed by atoms with Crippen molar-refractivity contribution in [3.8, 4) is 0 Å². The zero-order valence-electron chi connectivity index (χ0n) is 15.6. The number of carbonyl (C=O) groups is 3. The molecule has 144 valence electrons. The van der Waals surface area contributed by atoms with Crippen LogP contribution in [0.4, 0.5) is 0 Å². The Hall–Kier alpha value is -2.25. The van der Waals surface area contributed by atoms with Gasteiger partial charge in [0.1, 0.15) is 6.04 Å². The summed E-state index contributed by atoms with van der Waals surface area (Å²) in [5.74, 6) is 0.347. The quantitative estimate of drug-likeness (QED) is 0.752. The molecule has 7 heteroatoms. The maximum atomic E-state index is 12.9. The molecular formula is C20H26N4O3. The molecule has 0 bridgehead atoms. The minimum Gasteiger partial charge on any atom is -0.330 e. The fourth-order valence-corrected chi connectivity index (χ4v) is 4.62. The van der Waals surface area contributed by atoms with Crippen molar-refractivity contribution in [1.29, 1.82) is 0 Å². The van der Waals surface area contributed by atoms with Crippen molar-refractivity contribution in [1.82, 2.24) is 15.1 Å². The molecule has 1 aromatic carbocycles. The van der Waals surface area contributed by atoms with Gasteiger partial charge in [0.05, 0.1) is 0 Å². The lowest BCUT2D eigenvalue weighted by atomic mass is 9.99. The Balaban J connectivity index is 1.53. The normalized spacial score (nSPS) is 28.6. The van der Waals surface area contributed by atoms with E-state index in [0.29, 0.717) is 36.9 Å². The number of hydrogen-bond donors (Lipinski definition) is 2. The molecule has 3 aliphatic heterocycles. The number of fused-ring (bicyclic) bond motifs is 1. The Morgan fingerprint density at radius 1 is 1.22 bits per heavy atom. The van der Waals surface area contributed by atoms with E-state index >= 15 is 0 Å². The van der Waals surface area contributed by atoms with Gasteiger partial charge in [-0.3, -0.25) is 24.6 Å². The molecule has 27 heavy (non-hydrogen) atoms. The van der Waals surface area contributed by atoms with Crippen LogP contribution in [0.2, 0.25) is 0 Å². The second kappa shape index (κ2) is 7.05. The van der Waals surface area contributed by atoms with Crippen molar-refractivity contribution in [2.24, 2.45) is 17.6 Å². The van der Waals surface area contributed by atoms with E-state index in [2.05, 4.69) is 23.2 Å². The molecular weight excluding hydrogens is 344 g/mol. The van der Waals surface area contributed by atoms with Crippen molar-refractivity contribution in [3.05, 3.63) is 34.9 Å². The van der Waals surface area contributed by atoms with Gasteiger partial charge in [-0.2, -0.15) is 0 Å². The molecule has 3 atom stereocenters. The molecule has 0 saturated carbocycles. The van der Waals surface area contributed by atoms with E-state index in [4.69, 9.17) is 5.73 Å². The maximum absolute atomic E-state index is 12.9. The molecule has 2 fully saturated rings. The number of amides is 3. The third-order valence-electron chi connectivity index (χ3n) is 6.22. The lowest BCUT2D eigenvalue weighted by Crippen LogP contribution is -2.52. The summed E-state index contributed by atoms with van der Waals surface area (Å²) >= 11 is 0. The van der Waals surface area contributed by atoms with E-state index in [1.54, 1.807) is 4.90 Å². The van der Waals surface area contributed by atoms with Crippen LogP contribution in [0.25, 0.3) is 0 Å². The van der Waals surface area contributed by atoms with Crippen LogP contribution >= 0.6 is 0 Å². The maximum Gasteiger partial charge on any atom is 0.255 e. The van der Waals surface area contributed by atoms with Gasteiger partial charge in [-0.05, 0) is 42.0 Å². The average molecular weight is 370 g/mol. The first-order chi connectivity index (χ1) is 13.0. The number of nitrogens with zero attached hydrogens (tertiary/aromatic N) is 2. The first-order valence-electron chi connectivity index (χ1n) is 9.65. The van der Waals surface area contributed by atoms with Crippen LogP contribution in [0.5, 0.6) is 0 Å². The van der Waals surface area contributed by atoms with Gasteiger partial charge < -0.3 is 10.6 Å². The summed E-state index contributed by atoms with van der Waals surface area (Å²) < 4.78 is 0. The van der Waals surface area contributed by atoms with Crippen molar-refractivity contribution in [3.63, 3.8) is 0 Å². The van der Waals surface area contributed by atoms with Crippen molar-refractivity contribution < 1.29 is 14.4 Å². The number of rotatable bonds is 4. The molecule has 0 aliphatic carbocycles. The highest BCUT2D eigenvalue weighted by atomic mass is 16.2. The first kappa shape index (κ1) is 18.1. The minimum atomic E-state index is -0.566. The highest BCUT2D eigenvalue weighted by molar-refractivity contribution is 6.05. The number of benzene rings is 1. The second-order valence-corrected chi connectivity index (χ2v) is 8.01. The Kier molecular flexibility index (Phi) is 4.74. The van der Waals surface area contributed by atoms with E-state index in [0.717, 1.165) is 30.8 Å². The molecule has 7 nitrogen and oxygen atoms in total. The predicted molar refractivity (Wildman–Crippen MR) is 99.5 cm³/mol. The van der Waals surface area contributed by atoms with E-state index < -0.39 is 6.04 Å². The van der Waals surface area contributed by atoms with Gasteiger partial charge in [0.15, 0.2) is 0 Å². The Morgan fingerprint density at radius 3 is 2.74 bits per heavy atom. The molecule has 3 unspecified atom stereocenters. The molecule has 3 heterocycles. The number of nitrogens with one attached hydrogen (secondary N) is 1. The van der Waals surface area contributed by atoms with Gasteiger partial charge in [0, 0.05) is 38.2 Å². The second-order valence-electron chi connectivity index (χ2n) is 8.01. The van der Waals surface area contributed by atoms with Crippen LogP contribution in [-0.4, -0.2) is 53.2 Å². The van der Waals surface area contributed by atoms with Crippen molar-refractivity contribution in [2.45, 2.75) is 38.9 Å². The molecule has 2 saturated heterocycles. The van der Waals surface area contributed by atoms with Crippen LogP contribution in [0.15, 0.2) is 18.2 Å². The molecule has 1 aromatic rings. The first-order valence-corrected chi connectivity index (χ1v) is 9.65. The van der Waals surface area contributed by atoms with Crippen LogP contribution in [0.3, 0.4) is 0 Å². The van der Waals surface area contributed by atoms with E-state index in [1.165, 1.54) is 0 Å². The largest absolute Gasteiger partial charge is 0.330 e. The molecule has 4 rings (SSSR count). The topological polar surface area (TPSA) is 95.7 Å². The average Bonchev–Trinajstić information content (AvgIpc) is 3.16. The number of piperidine rings is 1. The molecule has 3 amide bonds. The number of nitrogens with two attached hydrogens (primary N) is 1. The van der Waals surface area contributed by atoms with Gasteiger partial charge in [-0.15, -0.1) is 0 Å². The number of likely N-dealkylation sites (tertiary alicyclic amines) is 1. The Labute approximate surface area is 158 Å². The van der Waals surface area contributed by atoms with E-state index in [-0.39, 0.29) is 24.1 Å². The lowest BCUT2D eigenvalue weighted by molar-refractivity contribution is -0.136. The van der Waals surface area contributed by atoms with Crippen molar-refractivity contribution in [2.75, 3.05) is 19.6 Å². The molecule has 0 aromatic heterocycles. The number of hydrogen-bond acceptors (Lipinski definition) is 5. The summed E-state index contributed by atoms with van der Waals surface area (Å²) in [7, 11) is 0. The Morgan fingerprint density at radius 2 is 2.04 bits per heavy atom. The van der Waals surface area contributed by atoms with Crippen LogP contribution in [0, 0.1) is 11.8 Å². The summed E-state index contributed by atoms with van der Waals surface area (Å²) in [6.07, 6.45) is 0.664. The van der Waals surface area contributed by atoms with Gasteiger partial charge in [-0.1, -0.05) is 19.1 Å². The summed E-state index contributed by atoms with van der Waals surface area (Å²) in [6.45, 7) is 6.15. The van der Waals surface area contributed by atoms with E-state index in [1.807, 2.05) is 12.1 Å². The van der Waals surface area contributed by atoms with Gasteiger partial charge in [0.25, 0.3) is 5.91 Å². The monoisotopic (exact) mass is 370 g/mol. The zero-order chi connectivity index (χ0) is 19.1. The third-order valence-corrected chi connectivity index (χ3v) is 6.22. The van der Waals surface area contributed by atoms with Crippen LogP contribution in [0.1, 0.15) is 41.3 Å². The molecule has 3 aliphatic rings. The fourth-order valence-electron chi connectivity index (χ4n) is 4.62. The molecule has 0 spiro atoms. The van der Waals surface area contributed by atoms with Crippen LogP contribution < -0.4 is 11.1 Å². The van der Waals surface area contributed by atoms with E-state index in [9.17, 15) is 14.4 Å². The van der Waals surface area contributed by atoms with Gasteiger partial charge in [-0.25, -0.2) is 0 Å². The third kappa shape index (κ3) is 3.26. The summed E-state index contributed by atoms with van der Waals surface area (Å²) in [6, 6.07) is 5.26.